The third-order valence-corrected chi connectivity index (χ3v) is 7.12. The molecule has 1 amide bonds. The normalized spacial score (nSPS) is 38.9. The number of amides is 1. The molecule has 4 nitrogen and oxygen atoms in total. The van der Waals surface area contributed by atoms with Crippen molar-refractivity contribution in [3.8, 4) is 0 Å². The predicted molar refractivity (Wildman–Crippen MR) is 95.4 cm³/mol. The first-order valence-electron chi connectivity index (χ1n) is 10.1. The molecule has 5 aliphatic rings. The molecule has 134 valence electrons. The molecule has 1 atom stereocenters. The van der Waals surface area contributed by atoms with Gasteiger partial charge in [-0.25, -0.2) is 0 Å². The summed E-state index contributed by atoms with van der Waals surface area (Å²) in [7, 11) is 0. The third-order valence-electron chi connectivity index (χ3n) is 7.12. The zero-order valence-electron chi connectivity index (χ0n) is 14.9. The second-order valence-electron chi connectivity index (χ2n) is 8.97. The van der Waals surface area contributed by atoms with E-state index in [2.05, 4.69) is 11.4 Å². The third kappa shape index (κ3) is 2.88. The van der Waals surface area contributed by atoms with Crippen molar-refractivity contribution < 1.29 is 9.53 Å². The molecule has 5 fully saturated rings. The van der Waals surface area contributed by atoms with E-state index in [4.69, 9.17) is 9.72 Å². The number of ether oxygens (including phenoxy) is 1. The van der Waals surface area contributed by atoms with Gasteiger partial charge < -0.3 is 10.1 Å². The van der Waals surface area contributed by atoms with Gasteiger partial charge in [0.15, 0.2) is 0 Å². The Morgan fingerprint density at radius 3 is 2.56 bits per heavy atom. The summed E-state index contributed by atoms with van der Waals surface area (Å²) >= 11 is 0. The molecule has 4 saturated carbocycles. The van der Waals surface area contributed by atoms with Gasteiger partial charge in [-0.05, 0) is 81.3 Å². The number of rotatable bonds is 4. The molecular formula is C21H28N2O2. The highest BCUT2D eigenvalue weighted by atomic mass is 16.5. The topological polar surface area (TPSA) is 51.2 Å². The molecule has 1 aromatic heterocycles. The van der Waals surface area contributed by atoms with E-state index >= 15 is 0 Å². The highest BCUT2D eigenvalue weighted by Gasteiger charge is 2.52. The zero-order chi connectivity index (χ0) is 16.9. The van der Waals surface area contributed by atoms with Crippen LogP contribution in [0.3, 0.4) is 0 Å². The number of carbonyl (C=O) groups is 1. The Labute approximate surface area is 149 Å². The van der Waals surface area contributed by atoms with Crippen molar-refractivity contribution in [1.29, 1.82) is 0 Å². The molecule has 6 rings (SSSR count). The largest absolute Gasteiger partial charge is 0.376 e. The van der Waals surface area contributed by atoms with Crippen LogP contribution in [-0.2, 0) is 10.2 Å². The van der Waals surface area contributed by atoms with Gasteiger partial charge in [0, 0.05) is 36.0 Å². The van der Waals surface area contributed by atoms with Gasteiger partial charge in [0.2, 0.25) is 0 Å². The molecular weight excluding hydrogens is 312 g/mol. The second-order valence-corrected chi connectivity index (χ2v) is 8.97. The fourth-order valence-corrected chi connectivity index (χ4v) is 6.40. The summed E-state index contributed by atoms with van der Waals surface area (Å²) in [5.74, 6) is 2.70. The van der Waals surface area contributed by atoms with Gasteiger partial charge in [-0.15, -0.1) is 0 Å². The van der Waals surface area contributed by atoms with Crippen LogP contribution >= 0.6 is 0 Å². The van der Waals surface area contributed by atoms with Gasteiger partial charge in [0.25, 0.3) is 5.91 Å². The maximum Gasteiger partial charge on any atom is 0.251 e. The Kier molecular flexibility index (Phi) is 3.85. The van der Waals surface area contributed by atoms with Crippen LogP contribution in [0.15, 0.2) is 18.3 Å². The van der Waals surface area contributed by atoms with E-state index in [0.29, 0.717) is 6.54 Å². The first kappa shape index (κ1) is 15.8. The summed E-state index contributed by atoms with van der Waals surface area (Å²) in [6.45, 7) is 1.44. The van der Waals surface area contributed by atoms with Gasteiger partial charge in [-0.2, -0.15) is 0 Å². The summed E-state index contributed by atoms with van der Waals surface area (Å²) in [5, 5.41) is 3.05. The van der Waals surface area contributed by atoms with Crippen molar-refractivity contribution in [3.05, 3.63) is 29.6 Å². The molecule has 0 aromatic carbocycles. The van der Waals surface area contributed by atoms with E-state index in [-0.39, 0.29) is 17.4 Å². The minimum atomic E-state index is 0.0175. The lowest BCUT2D eigenvalue weighted by molar-refractivity contribution is -0.00722. The van der Waals surface area contributed by atoms with Crippen LogP contribution in [0.5, 0.6) is 0 Å². The molecule has 0 spiro atoms. The van der Waals surface area contributed by atoms with Crippen LogP contribution in [0.1, 0.15) is 67.4 Å². The van der Waals surface area contributed by atoms with Crippen LogP contribution in [0.25, 0.3) is 0 Å². The average molecular weight is 340 g/mol. The van der Waals surface area contributed by atoms with Crippen molar-refractivity contribution >= 4 is 5.91 Å². The average Bonchev–Trinajstić information content (AvgIpc) is 3.12. The Morgan fingerprint density at radius 1 is 1.20 bits per heavy atom. The number of hydrogen-bond acceptors (Lipinski definition) is 3. The highest BCUT2D eigenvalue weighted by Crippen LogP contribution is 2.60. The van der Waals surface area contributed by atoms with Gasteiger partial charge >= 0.3 is 0 Å². The van der Waals surface area contributed by atoms with Crippen LogP contribution < -0.4 is 5.32 Å². The lowest BCUT2D eigenvalue weighted by Gasteiger charge is -2.56. The molecule has 4 bridgehead atoms. The first-order chi connectivity index (χ1) is 12.2. The van der Waals surface area contributed by atoms with Crippen LogP contribution in [0.2, 0.25) is 0 Å². The summed E-state index contributed by atoms with van der Waals surface area (Å²) in [6, 6.07) is 3.94. The Bertz CT molecular complexity index is 630. The number of hydrogen-bond donors (Lipinski definition) is 1. The summed E-state index contributed by atoms with van der Waals surface area (Å²) in [4.78, 5) is 17.3. The maximum absolute atomic E-state index is 12.6. The van der Waals surface area contributed by atoms with E-state index < -0.39 is 0 Å². The molecule has 1 unspecified atom stereocenters. The number of pyridine rings is 1. The maximum atomic E-state index is 12.6. The monoisotopic (exact) mass is 340 g/mol. The summed E-state index contributed by atoms with van der Waals surface area (Å²) in [6.07, 6.45) is 12.3. The minimum absolute atomic E-state index is 0.0175. The second kappa shape index (κ2) is 6.08. The SMILES string of the molecule is O=C(NCC1CCCO1)c1ccnc(C23CC4CC(CC(C4)C2)C3)c1. The number of nitrogens with zero attached hydrogens (tertiary/aromatic N) is 1. The standard InChI is InChI=1S/C21H28N2O2/c24-20(23-13-18-2-1-5-25-18)17-3-4-22-19(9-17)21-10-14-6-15(11-21)8-16(7-14)12-21/h3-4,9,14-16,18H,1-2,5-8,10-13H2,(H,23,24). The zero-order valence-corrected chi connectivity index (χ0v) is 14.9. The molecule has 1 saturated heterocycles. The van der Waals surface area contributed by atoms with Gasteiger partial charge in [-0.3, -0.25) is 9.78 Å². The van der Waals surface area contributed by atoms with Crippen molar-refractivity contribution in [3.63, 3.8) is 0 Å². The highest BCUT2D eigenvalue weighted by molar-refractivity contribution is 5.94. The fourth-order valence-electron chi connectivity index (χ4n) is 6.40. The quantitative estimate of drug-likeness (QED) is 0.913. The molecule has 4 aliphatic carbocycles. The fraction of sp³-hybridized carbons (Fsp3) is 0.714. The molecule has 1 N–H and O–H groups in total. The van der Waals surface area contributed by atoms with Crippen LogP contribution in [-0.4, -0.2) is 30.1 Å². The van der Waals surface area contributed by atoms with Crippen molar-refractivity contribution in [2.75, 3.05) is 13.2 Å². The molecule has 4 heteroatoms. The molecule has 25 heavy (non-hydrogen) atoms. The van der Waals surface area contributed by atoms with Crippen molar-refractivity contribution in [2.45, 2.75) is 62.9 Å². The molecule has 1 aromatic rings. The number of aromatic nitrogens is 1. The molecule has 0 radical (unpaired) electrons. The lowest BCUT2D eigenvalue weighted by Crippen LogP contribution is -2.49. The molecule has 2 heterocycles. The van der Waals surface area contributed by atoms with Crippen LogP contribution in [0.4, 0.5) is 0 Å². The van der Waals surface area contributed by atoms with E-state index in [9.17, 15) is 4.79 Å². The smallest absolute Gasteiger partial charge is 0.251 e. The van der Waals surface area contributed by atoms with E-state index in [0.717, 1.165) is 42.8 Å². The number of carbonyl (C=O) groups excluding carboxylic acids is 1. The number of nitrogens with one attached hydrogen (secondary N) is 1. The lowest BCUT2D eigenvalue weighted by atomic mass is 9.48. The summed E-state index contributed by atoms with van der Waals surface area (Å²) < 4.78 is 5.60. The van der Waals surface area contributed by atoms with Crippen molar-refractivity contribution in [2.24, 2.45) is 17.8 Å². The first-order valence-corrected chi connectivity index (χ1v) is 10.1. The van der Waals surface area contributed by atoms with Crippen LogP contribution in [0, 0.1) is 17.8 Å². The van der Waals surface area contributed by atoms with Crippen molar-refractivity contribution in [1.82, 2.24) is 10.3 Å². The van der Waals surface area contributed by atoms with E-state index in [1.54, 1.807) is 0 Å². The van der Waals surface area contributed by atoms with Gasteiger partial charge in [0.1, 0.15) is 0 Å². The van der Waals surface area contributed by atoms with E-state index in [1.807, 2.05) is 12.3 Å². The Balaban J connectivity index is 1.33. The Morgan fingerprint density at radius 2 is 1.92 bits per heavy atom. The molecule has 1 aliphatic heterocycles. The van der Waals surface area contributed by atoms with E-state index in [1.165, 1.54) is 44.2 Å². The predicted octanol–water partition coefficient (Wildman–Crippen LogP) is 3.46. The Hall–Kier alpha value is -1.42. The van der Waals surface area contributed by atoms with Gasteiger partial charge in [-0.1, -0.05) is 0 Å². The van der Waals surface area contributed by atoms with Gasteiger partial charge in [0.05, 0.1) is 6.10 Å². The summed E-state index contributed by atoms with van der Waals surface area (Å²) in [5.41, 5.74) is 2.19. The minimum Gasteiger partial charge on any atom is -0.376 e.